The van der Waals surface area contributed by atoms with Gasteiger partial charge in [-0.2, -0.15) is 17.9 Å². The summed E-state index contributed by atoms with van der Waals surface area (Å²) in [7, 11) is 0. The Morgan fingerprint density at radius 2 is 1.57 bits per heavy atom. The van der Waals surface area contributed by atoms with Gasteiger partial charge >= 0.3 is 5.97 Å². The third-order valence-electron chi connectivity index (χ3n) is 7.62. The molecule has 0 aromatic rings. The number of unbranched alkanes of at least 4 members (excludes halogenated alkanes) is 1. The second-order valence-electron chi connectivity index (χ2n) is 12.2. The van der Waals surface area contributed by atoms with Crippen molar-refractivity contribution in [2.45, 2.75) is 109 Å². The number of carbonyl (C=O) groups is 7. The minimum atomic E-state index is -1.29. The van der Waals surface area contributed by atoms with E-state index < -0.39 is 91.0 Å². The molecule has 0 aromatic carbocycles. The van der Waals surface area contributed by atoms with Crippen molar-refractivity contribution in [1.82, 2.24) is 26.3 Å². The molecule has 10 N–H and O–H groups in total. The van der Waals surface area contributed by atoms with Crippen molar-refractivity contribution in [3.63, 3.8) is 0 Å². The standard InChI is InChI=1S/C31H53N9O10S/c1-18(2)26(39-27(43)20(34)16-24(35)42)30(46)36-21(9-6-11-32)28(44)38-23(17-51)29(45)37-22(31(47)49-15-12-33)8-4-5-13-40(19(3)41)50-25-10-7-14-48-25/h18,20-23,25-26,51H,4-11,13-17,32,34H2,1-3H3,(H2,35,42)(H,36,46)(H,37,45)(H,38,44)(H,39,43)/t20-,21-,22-,23-,25?,26-/m0/s1. The zero-order valence-electron chi connectivity index (χ0n) is 29.4. The highest BCUT2D eigenvalue weighted by Gasteiger charge is 2.33. The molecule has 1 heterocycles. The van der Waals surface area contributed by atoms with Crippen molar-refractivity contribution < 1.29 is 47.9 Å². The normalized spacial score (nSPS) is 16.8. The first kappa shape index (κ1) is 45.0. The van der Waals surface area contributed by atoms with Crippen molar-refractivity contribution in [1.29, 1.82) is 5.26 Å². The SMILES string of the molecule is CC(=O)N(CCCC[C@H](NC(=O)[C@H](CS)NC(=O)[C@H](CCCN)NC(=O)[C@@H](NC(=O)[C@@H](N)CC(N)=O)C(C)C)C(=O)OCC#N)OC1CCCO1. The molecular weight excluding hydrogens is 690 g/mol. The molecule has 1 aliphatic heterocycles. The summed E-state index contributed by atoms with van der Waals surface area (Å²) in [5.41, 5.74) is 16.5. The van der Waals surface area contributed by atoms with Crippen LogP contribution in [-0.2, 0) is 47.9 Å². The van der Waals surface area contributed by atoms with Gasteiger partial charge in [-0.25, -0.2) is 14.7 Å². The van der Waals surface area contributed by atoms with Gasteiger partial charge in [0.15, 0.2) is 12.9 Å². The van der Waals surface area contributed by atoms with Crippen LogP contribution in [0.4, 0.5) is 0 Å². The number of nitrogens with two attached hydrogens (primary N) is 3. The second kappa shape index (κ2) is 24.2. The molecule has 0 radical (unpaired) electrons. The highest BCUT2D eigenvalue weighted by molar-refractivity contribution is 7.80. The molecule has 1 fully saturated rings. The molecule has 1 unspecified atom stereocenters. The number of esters is 1. The van der Waals surface area contributed by atoms with Gasteiger partial charge in [0.05, 0.1) is 19.1 Å². The number of hydrogen-bond donors (Lipinski definition) is 8. The van der Waals surface area contributed by atoms with Crippen molar-refractivity contribution in [3.8, 4) is 6.07 Å². The van der Waals surface area contributed by atoms with Gasteiger partial charge in [-0.05, 0) is 51.0 Å². The maximum absolute atomic E-state index is 13.4. The quantitative estimate of drug-likeness (QED) is 0.0222. The number of hydrogen-bond acceptors (Lipinski definition) is 14. The van der Waals surface area contributed by atoms with E-state index in [1.54, 1.807) is 19.9 Å². The molecule has 0 aromatic heterocycles. The van der Waals surface area contributed by atoms with E-state index in [0.29, 0.717) is 32.3 Å². The molecule has 51 heavy (non-hydrogen) atoms. The van der Waals surface area contributed by atoms with E-state index in [1.807, 2.05) is 0 Å². The molecule has 6 atom stereocenters. The van der Waals surface area contributed by atoms with Gasteiger partial charge in [-0.1, -0.05) is 13.8 Å². The summed E-state index contributed by atoms with van der Waals surface area (Å²) in [6, 6.07) is -4.41. The molecule has 1 rings (SSSR count). The van der Waals surface area contributed by atoms with Gasteiger partial charge in [0, 0.05) is 25.6 Å². The maximum atomic E-state index is 13.4. The third kappa shape index (κ3) is 17.2. The van der Waals surface area contributed by atoms with Crippen molar-refractivity contribution in [2.75, 3.05) is 32.1 Å². The van der Waals surface area contributed by atoms with E-state index in [2.05, 4.69) is 33.9 Å². The fraction of sp³-hybridized carbons (Fsp3) is 0.742. The Labute approximate surface area is 303 Å². The molecule has 1 saturated heterocycles. The Morgan fingerprint density at radius 3 is 2.12 bits per heavy atom. The van der Waals surface area contributed by atoms with Crippen LogP contribution in [0.25, 0.3) is 0 Å². The smallest absolute Gasteiger partial charge is 0.329 e. The van der Waals surface area contributed by atoms with E-state index in [1.165, 1.54) is 12.0 Å². The first-order valence-electron chi connectivity index (χ1n) is 16.8. The number of primary amides is 1. The van der Waals surface area contributed by atoms with Crippen LogP contribution in [0.2, 0.25) is 0 Å². The van der Waals surface area contributed by atoms with Crippen LogP contribution in [0, 0.1) is 17.2 Å². The number of carbonyl (C=O) groups excluding carboxylic acids is 7. The Kier molecular flexibility index (Phi) is 21.4. The van der Waals surface area contributed by atoms with Crippen LogP contribution in [0.15, 0.2) is 0 Å². The summed E-state index contributed by atoms with van der Waals surface area (Å²) in [5.74, 6) is -5.72. The lowest BCUT2D eigenvalue weighted by Gasteiger charge is -2.27. The maximum Gasteiger partial charge on any atom is 0.329 e. The van der Waals surface area contributed by atoms with Crippen LogP contribution in [0.1, 0.15) is 72.1 Å². The monoisotopic (exact) mass is 743 g/mol. The van der Waals surface area contributed by atoms with E-state index in [-0.39, 0.29) is 37.6 Å². The van der Waals surface area contributed by atoms with Crippen LogP contribution in [0.5, 0.6) is 0 Å². The number of ether oxygens (including phenoxy) is 2. The molecule has 288 valence electrons. The molecule has 0 aliphatic carbocycles. The highest BCUT2D eigenvalue weighted by Crippen LogP contribution is 2.16. The van der Waals surface area contributed by atoms with E-state index in [4.69, 9.17) is 36.8 Å². The molecular formula is C31H53N9O10S. The number of nitrogens with one attached hydrogen (secondary N) is 4. The van der Waals surface area contributed by atoms with Crippen LogP contribution in [-0.4, -0.2) is 115 Å². The molecule has 20 heteroatoms. The van der Waals surface area contributed by atoms with Gasteiger partial charge in [0.25, 0.3) is 0 Å². The van der Waals surface area contributed by atoms with Crippen LogP contribution < -0.4 is 38.5 Å². The zero-order valence-corrected chi connectivity index (χ0v) is 30.3. The lowest BCUT2D eigenvalue weighted by atomic mass is 10.0. The number of nitrogens with zero attached hydrogens (tertiary/aromatic N) is 2. The summed E-state index contributed by atoms with van der Waals surface area (Å²) in [6.07, 6.45) is 1.67. The van der Waals surface area contributed by atoms with Crippen molar-refractivity contribution in [2.24, 2.45) is 23.1 Å². The number of rotatable bonds is 24. The fourth-order valence-corrected chi connectivity index (χ4v) is 5.07. The van der Waals surface area contributed by atoms with Crippen molar-refractivity contribution in [3.05, 3.63) is 0 Å². The number of thiol groups is 1. The summed E-state index contributed by atoms with van der Waals surface area (Å²) in [6.45, 7) is 5.00. The van der Waals surface area contributed by atoms with Crippen molar-refractivity contribution >= 4 is 54.0 Å². The van der Waals surface area contributed by atoms with Gasteiger partial charge in [-0.3, -0.25) is 28.8 Å². The van der Waals surface area contributed by atoms with Gasteiger partial charge in [-0.15, -0.1) is 0 Å². The predicted molar refractivity (Wildman–Crippen MR) is 184 cm³/mol. The largest absolute Gasteiger partial charge is 0.449 e. The Hall–Kier alpha value is -4.03. The summed E-state index contributed by atoms with van der Waals surface area (Å²) in [4.78, 5) is 94.0. The number of hydroxylamine groups is 2. The second-order valence-corrected chi connectivity index (χ2v) is 12.6. The lowest BCUT2D eigenvalue weighted by Crippen LogP contribution is -2.59. The van der Waals surface area contributed by atoms with Gasteiger partial charge in [0.1, 0.15) is 30.2 Å². The Balaban J connectivity index is 2.96. The zero-order chi connectivity index (χ0) is 38.5. The van der Waals surface area contributed by atoms with Crippen LogP contribution in [0.3, 0.4) is 0 Å². The highest BCUT2D eigenvalue weighted by atomic mass is 32.1. The summed E-state index contributed by atoms with van der Waals surface area (Å²) in [5, 5.41) is 20.2. The van der Waals surface area contributed by atoms with E-state index in [0.717, 1.165) is 6.42 Å². The molecule has 1 aliphatic rings. The van der Waals surface area contributed by atoms with E-state index in [9.17, 15) is 33.6 Å². The summed E-state index contributed by atoms with van der Waals surface area (Å²) < 4.78 is 10.3. The van der Waals surface area contributed by atoms with Gasteiger partial charge < -0.3 is 47.9 Å². The molecule has 6 amide bonds. The minimum Gasteiger partial charge on any atom is -0.449 e. The number of amides is 6. The molecule has 0 bridgehead atoms. The average Bonchev–Trinajstić information content (AvgIpc) is 3.59. The Morgan fingerprint density at radius 1 is 0.941 bits per heavy atom. The first-order valence-corrected chi connectivity index (χ1v) is 17.4. The first-order chi connectivity index (χ1) is 24.1. The average molecular weight is 744 g/mol. The topological polar surface area (TPSA) is 300 Å². The minimum absolute atomic E-state index is 0.0650. The van der Waals surface area contributed by atoms with E-state index >= 15 is 0 Å². The molecule has 0 saturated carbocycles. The number of nitriles is 1. The predicted octanol–water partition coefficient (Wildman–Crippen LogP) is -2.39. The van der Waals surface area contributed by atoms with Gasteiger partial charge in [0.2, 0.25) is 35.4 Å². The fourth-order valence-electron chi connectivity index (χ4n) is 4.81. The molecule has 0 spiro atoms. The lowest BCUT2D eigenvalue weighted by molar-refractivity contribution is -0.256. The van der Waals surface area contributed by atoms with Crippen LogP contribution >= 0.6 is 12.6 Å². The molecule has 19 nitrogen and oxygen atoms in total. The summed E-state index contributed by atoms with van der Waals surface area (Å²) >= 11 is 4.19. The third-order valence-corrected chi connectivity index (χ3v) is 7.98. The Bertz CT molecular complexity index is 1230.